The Hall–Kier alpha value is -4.14. The van der Waals surface area contributed by atoms with Crippen LogP contribution >= 0.6 is 0 Å². The third-order valence-electron chi connectivity index (χ3n) is 4.42. The molecule has 2 heterocycles. The zero-order valence-electron chi connectivity index (χ0n) is 15.7. The fourth-order valence-electron chi connectivity index (χ4n) is 2.98. The van der Waals surface area contributed by atoms with Gasteiger partial charge in [-0.05, 0) is 30.3 Å². The van der Waals surface area contributed by atoms with E-state index in [1.54, 1.807) is 30.3 Å². The summed E-state index contributed by atoms with van der Waals surface area (Å²) in [6.45, 7) is 0. The average molecular weight is 448 g/mol. The van der Waals surface area contributed by atoms with E-state index in [2.05, 4.69) is 15.2 Å². The second-order valence-corrected chi connectivity index (χ2v) is 6.55. The van der Waals surface area contributed by atoms with Crippen LogP contribution in [0.2, 0.25) is 0 Å². The SMILES string of the molecule is N#Cc1cnn(-c2ccccc2)c1-n1cnc(-c2cc(C(F)(F)F)cc(C(F)(F)F)c2)n1. The molecule has 0 aliphatic rings. The van der Waals surface area contributed by atoms with E-state index < -0.39 is 29.0 Å². The Kier molecular flexibility index (Phi) is 4.96. The molecule has 162 valence electrons. The maximum absolute atomic E-state index is 13.2. The summed E-state index contributed by atoms with van der Waals surface area (Å²) in [6.07, 6.45) is -7.66. The number of benzene rings is 2. The summed E-state index contributed by atoms with van der Waals surface area (Å²) >= 11 is 0. The summed E-state index contributed by atoms with van der Waals surface area (Å²) < 4.78 is 81.4. The molecule has 6 nitrogen and oxygen atoms in total. The summed E-state index contributed by atoms with van der Waals surface area (Å²) in [5.41, 5.74) is -2.81. The first kappa shape index (κ1) is 21.1. The number of para-hydroxylation sites is 1. The van der Waals surface area contributed by atoms with Crippen LogP contribution in [0.15, 0.2) is 61.1 Å². The van der Waals surface area contributed by atoms with Crippen LogP contribution in [-0.2, 0) is 12.4 Å². The van der Waals surface area contributed by atoms with Gasteiger partial charge in [0.05, 0.1) is 23.0 Å². The molecule has 0 spiro atoms. The largest absolute Gasteiger partial charge is 0.416 e. The monoisotopic (exact) mass is 448 g/mol. The van der Waals surface area contributed by atoms with Gasteiger partial charge in [-0.25, -0.2) is 14.3 Å². The van der Waals surface area contributed by atoms with E-state index in [-0.39, 0.29) is 23.3 Å². The number of alkyl halides is 6. The van der Waals surface area contributed by atoms with Crippen LogP contribution in [0.5, 0.6) is 0 Å². The summed E-state index contributed by atoms with van der Waals surface area (Å²) in [4.78, 5) is 3.87. The summed E-state index contributed by atoms with van der Waals surface area (Å²) in [7, 11) is 0. The summed E-state index contributed by atoms with van der Waals surface area (Å²) in [5.74, 6) is -0.258. The topological polar surface area (TPSA) is 72.3 Å². The fraction of sp³-hybridized carbons (Fsp3) is 0.100. The number of nitriles is 1. The molecule has 0 saturated carbocycles. The van der Waals surface area contributed by atoms with E-state index in [9.17, 15) is 31.6 Å². The lowest BCUT2D eigenvalue weighted by Gasteiger charge is -2.13. The van der Waals surface area contributed by atoms with Crippen LogP contribution < -0.4 is 0 Å². The standard InChI is InChI=1S/C20H10F6N6/c21-19(22,23)14-6-12(7-15(8-14)20(24,25)26)17-28-11-31(30-17)18-13(9-27)10-29-32(18)16-4-2-1-3-5-16/h1-8,10-11H. The van der Waals surface area contributed by atoms with Crippen molar-refractivity contribution in [2.24, 2.45) is 0 Å². The molecular weight excluding hydrogens is 438 g/mol. The number of hydrogen-bond donors (Lipinski definition) is 0. The Morgan fingerprint density at radius 1 is 0.875 bits per heavy atom. The van der Waals surface area contributed by atoms with Crippen molar-refractivity contribution in [3.8, 4) is 29.0 Å². The highest BCUT2D eigenvalue weighted by molar-refractivity contribution is 5.59. The summed E-state index contributed by atoms with van der Waals surface area (Å²) in [5, 5.41) is 17.5. The molecule has 0 saturated heterocycles. The van der Waals surface area contributed by atoms with Gasteiger partial charge in [0.2, 0.25) is 0 Å². The van der Waals surface area contributed by atoms with Crippen LogP contribution in [0.1, 0.15) is 16.7 Å². The Morgan fingerprint density at radius 2 is 1.50 bits per heavy atom. The first-order chi connectivity index (χ1) is 15.1. The second kappa shape index (κ2) is 7.52. The molecular formula is C20H10F6N6. The number of nitrogens with zero attached hydrogens (tertiary/aromatic N) is 6. The maximum Gasteiger partial charge on any atom is 0.416 e. The molecule has 4 aromatic rings. The van der Waals surface area contributed by atoms with Gasteiger partial charge in [0.15, 0.2) is 11.6 Å². The van der Waals surface area contributed by atoms with Crippen molar-refractivity contribution in [2.75, 3.05) is 0 Å². The Labute approximate surface area is 176 Å². The highest BCUT2D eigenvalue weighted by Crippen LogP contribution is 2.38. The lowest BCUT2D eigenvalue weighted by atomic mass is 10.0. The zero-order valence-corrected chi connectivity index (χ0v) is 15.7. The summed E-state index contributed by atoms with van der Waals surface area (Å²) in [6, 6.07) is 11.6. The van der Waals surface area contributed by atoms with Gasteiger partial charge in [-0.1, -0.05) is 18.2 Å². The van der Waals surface area contributed by atoms with E-state index >= 15 is 0 Å². The number of aromatic nitrogens is 5. The van der Waals surface area contributed by atoms with Gasteiger partial charge in [-0.3, -0.25) is 0 Å². The highest BCUT2D eigenvalue weighted by atomic mass is 19.4. The van der Waals surface area contributed by atoms with Crippen molar-refractivity contribution < 1.29 is 26.3 Å². The minimum Gasteiger partial charge on any atom is -0.215 e. The third kappa shape index (κ3) is 3.92. The van der Waals surface area contributed by atoms with Crippen LogP contribution in [0.3, 0.4) is 0 Å². The molecule has 0 fully saturated rings. The molecule has 2 aromatic heterocycles. The van der Waals surface area contributed by atoms with Gasteiger partial charge < -0.3 is 0 Å². The molecule has 0 aliphatic heterocycles. The lowest BCUT2D eigenvalue weighted by molar-refractivity contribution is -0.143. The van der Waals surface area contributed by atoms with E-state index in [0.29, 0.717) is 17.8 Å². The predicted molar refractivity (Wildman–Crippen MR) is 98.6 cm³/mol. The quantitative estimate of drug-likeness (QED) is 0.412. The van der Waals surface area contributed by atoms with Crippen molar-refractivity contribution in [1.82, 2.24) is 24.5 Å². The van der Waals surface area contributed by atoms with Crippen LogP contribution in [0.4, 0.5) is 26.3 Å². The van der Waals surface area contributed by atoms with E-state index in [1.165, 1.54) is 10.9 Å². The molecule has 0 unspecified atom stereocenters. The minimum absolute atomic E-state index is 0.0265. The lowest BCUT2D eigenvalue weighted by Crippen LogP contribution is -2.11. The molecule has 0 bridgehead atoms. The Bertz CT molecular complexity index is 1280. The van der Waals surface area contributed by atoms with Crippen LogP contribution in [-0.4, -0.2) is 24.5 Å². The number of halogens is 6. The van der Waals surface area contributed by atoms with Crippen molar-refractivity contribution in [2.45, 2.75) is 12.4 Å². The Morgan fingerprint density at radius 3 is 2.06 bits per heavy atom. The van der Waals surface area contributed by atoms with Crippen molar-refractivity contribution >= 4 is 0 Å². The van der Waals surface area contributed by atoms with Crippen molar-refractivity contribution in [1.29, 1.82) is 5.26 Å². The Balaban J connectivity index is 1.85. The molecule has 0 amide bonds. The fourth-order valence-corrected chi connectivity index (χ4v) is 2.98. The van der Waals surface area contributed by atoms with Gasteiger partial charge >= 0.3 is 12.4 Å². The van der Waals surface area contributed by atoms with E-state index in [4.69, 9.17) is 0 Å². The van der Waals surface area contributed by atoms with E-state index in [0.717, 1.165) is 11.0 Å². The molecule has 4 rings (SSSR count). The molecule has 0 radical (unpaired) electrons. The molecule has 0 N–H and O–H groups in total. The second-order valence-electron chi connectivity index (χ2n) is 6.55. The molecule has 2 aromatic carbocycles. The number of rotatable bonds is 3. The first-order valence-corrected chi connectivity index (χ1v) is 8.83. The molecule has 0 atom stereocenters. The molecule has 0 aliphatic carbocycles. The van der Waals surface area contributed by atoms with Gasteiger partial charge in [-0.15, -0.1) is 5.10 Å². The van der Waals surface area contributed by atoms with Gasteiger partial charge in [0, 0.05) is 5.56 Å². The van der Waals surface area contributed by atoms with Gasteiger partial charge in [-0.2, -0.15) is 36.7 Å². The normalized spacial score (nSPS) is 12.0. The zero-order chi connectivity index (χ0) is 23.1. The van der Waals surface area contributed by atoms with Gasteiger partial charge in [0.25, 0.3) is 0 Å². The van der Waals surface area contributed by atoms with Crippen molar-refractivity contribution in [3.63, 3.8) is 0 Å². The maximum atomic E-state index is 13.2. The van der Waals surface area contributed by atoms with E-state index in [1.807, 2.05) is 6.07 Å². The minimum atomic E-state index is -5.00. The molecule has 12 heteroatoms. The highest BCUT2D eigenvalue weighted by Gasteiger charge is 2.37. The van der Waals surface area contributed by atoms with Crippen LogP contribution in [0.25, 0.3) is 22.9 Å². The van der Waals surface area contributed by atoms with Crippen LogP contribution in [0, 0.1) is 11.3 Å². The first-order valence-electron chi connectivity index (χ1n) is 8.83. The smallest absolute Gasteiger partial charge is 0.215 e. The number of hydrogen-bond acceptors (Lipinski definition) is 4. The molecule has 32 heavy (non-hydrogen) atoms. The van der Waals surface area contributed by atoms with Gasteiger partial charge in [0.1, 0.15) is 18.0 Å². The average Bonchev–Trinajstić information content (AvgIpc) is 3.39. The predicted octanol–water partition coefficient (Wildman–Crippen LogP) is 5.03. The van der Waals surface area contributed by atoms with Crippen molar-refractivity contribution in [3.05, 3.63) is 77.7 Å². The third-order valence-corrected chi connectivity index (χ3v) is 4.42.